The number of oxime groups is 1. The molecule has 76 valence electrons. The average Bonchev–Trinajstić information content (AvgIpc) is 2.47. The predicted molar refractivity (Wildman–Crippen MR) is 59.4 cm³/mol. The molecule has 1 aliphatic rings. The first kappa shape index (κ1) is 10.9. The lowest BCUT2D eigenvalue weighted by molar-refractivity contribution is 0.158. The first-order valence-corrected chi connectivity index (χ1v) is 5.88. The molecule has 0 radical (unpaired) electrons. The molecule has 13 heavy (non-hydrogen) atoms. The number of rotatable bonds is 2. The summed E-state index contributed by atoms with van der Waals surface area (Å²) in [6.07, 6.45) is 1.09. The number of hydrogen-bond donors (Lipinski definition) is 0. The largest absolute Gasteiger partial charge is 0.396 e. The Kier molecular flexibility index (Phi) is 3.65. The van der Waals surface area contributed by atoms with E-state index in [4.69, 9.17) is 4.84 Å². The molecule has 1 heterocycles. The highest BCUT2D eigenvalue weighted by atomic mass is 32.2. The summed E-state index contributed by atoms with van der Waals surface area (Å²) >= 11 is 2.00. The summed E-state index contributed by atoms with van der Waals surface area (Å²) in [5, 5.41) is 4.80. The van der Waals surface area contributed by atoms with E-state index in [1.54, 1.807) is 0 Å². The molecular formula is C10H19NOS. The third-order valence-electron chi connectivity index (χ3n) is 2.16. The van der Waals surface area contributed by atoms with Crippen LogP contribution < -0.4 is 0 Å². The summed E-state index contributed by atoms with van der Waals surface area (Å²) in [5.41, 5.74) is 1.60. The van der Waals surface area contributed by atoms with Crippen LogP contribution in [-0.2, 0) is 4.84 Å². The zero-order valence-electron chi connectivity index (χ0n) is 8.96. The van der Waals surface area contributed by atoms with Gasteiger partial charge in [-0.1, -0.05) is 25.9 Å². The van der Waals surface area contributed by atoms with Gasteiger partial charge in [0, 0.05) is 17.4 Å². The maximum Gasteiger partial charge on any atom is 0.114 e. The van der Waals surface area contributed by atoms with Crippen LogP contribution in [0, 0.1) is 5.41 Å². The molecule has 0 bridgehead atoms. The Labute approximate surface area is 85.1 Å². The van der Waals surface area contributed by atoms with E-state index < -0.39 is 0 Å². The Balaban J connectivity index is 2.45. The van der Waals surface area contributed by atoms with Crippen LogP contribution in [0.3, 0.4) is 0 Å². The van der Waals surface area contributed by atoms with Crippen molar-refractivity contribution in [2.75, 3.05) is 12.4 Å². The van der Waals surface area contributed by atoms with Crippen LogP contribution in [0.5, 0.6) is 0 Å². The van der Waals surface area contributed by atoms with E-state index in [1.807, 2.05) is 18.7 Å². The molecule has 0 aromatic rings. The monoisotopic (exact) mass is 201 g/mol. The molecule has 0 spiro atoms. The second-order valence-electron chi connectivity index (χ2n) is 4.45. The first-order valence-electron chi connectivity index (χ1n) is 4.83. The van der Waals surface area contributed by atoms with E-state index in [2.05, 4.69) is 25.9 Å². The topological polar surface area (TPSA) is 21.6 Å². The van der Waals surface area contributed by atoms with E-state index in [0.717, 1.165) is 12.2 Å². The zero-order chi connectivity index (χ0) is 9.90. The molecule has 1 rings (SSSR count). The van der Waals surface area contributed by atoms with Gasteiger partial charge >= 0.3 is 0 Å². The second kappa shape index (κ2) is 4.36. The van der Waals surface area contributed by atoms with Gasteiger partial charge < -0.3 is 4.84 Å². The third-order valence-corrected chi connectivity index (χ3v) is 3.94. The van der Waals surface area contributed by atoms with Crippen molar-refractivity contribution in [3.05, 3.63) is 0 Å². The van der Waals surface area contributed by atoms with Crippen molar-refractivity contribution < 1.29 is 4.84 Å². The van der Waals surface area contributed by atoms with E-state index in [0.29, 0.717) is 17.3 Å². The quantitative estimate of drug-likeness (QED) is 0.641. The molecule has 0 saturated carbocycles. The van der Waals surface area contributed by atoms with E-state index in [1.165, 1.54) is 5.71 Å². The van der Waals surface area contributed by atoms with Gasteiger partial charge in [-0.15, -0.1) is 0 Å². The van der Waals surface area contributed by atoms with Crippen molar-refractivity contribution in [2.45, 2.75) is 39.4 Å². The van der Waals surface area contributed by atoms with Gasteiger partial charge in [0.1, 0.15) is 6.61 Å². The van der Waals surface area contributed by atoms with Crippen LogP contribution in [0.2, 0.25) is 0 Å². The molecular weight excluding hydrogens is 182 g/mol. The van der Waals surface area contributed by atoms with Gasteiger partial charge in [0.25, 0.3) is 0 Å². The van der Waals surface area contributed by atoms with Crippen molar-refractivity contribution in [3.63, 3.8) is 0 Å². The Bertz CT molecular complexity index is 196. The Morgan fingerprint density at radius 2 is 2.23 bits per heavy atom. The second-order valence-corrected chi connectivity index (χ2v) is 5.64. The smallest absolute Gasteiger partial charge is 0.114 e. The van der Waals surface area contributed by atoms with Crippen LogP contribution in [-0.4, -0.2) is 23.3 Å². The summed E-state index contributed by atoms with van der Waals surface area (Å²) in [7, 11) is 0. The van der Waals surface area contributed by atoms with E-state index >= 15 is 0 Å². The fraction of sp³-hybridized carbons (Fsp3) is 0.900. The molecule has 0 aliphatic carbocycles. The van der Waals surface area contributed by atoms with Crippen molar-refractivity contribution >= 4 is 17.5 Å². The summed E-state index contributed by atoms with van der Waals surface area (Å²) < 4.78 is 0. The minimum atomic E-state index is 0.383. The number of thioether (sulfide) groups is 1. The number of nitrogens with zero attached hydrogens (tertiary/aromatic N) is 1. The summed E-state index contributed by atoms with van der Waals surface area (Å²) in [6.45, 7) is 9.50. The van der Waals surface area contributed by atoms with Crippen molar-refractivity contribution in [1.29, 1.82) is 0 Å². The molecule has 1 unspecified atom stereocenters. The molecule has 1 saturated heterocycles. The molecule has 0 aromatic carbocycles. The fourth-order valence-electron chi connectivity index (χ4n) is 1.30. The van der Waals surface area contributed by atoms with Crippen LogP contribution in [0.4, 0.5) is 0 Å². The predicted octanol–water partition coefficient (Wildman–Crippen LogP) is 2.93. The molecule has 0 N–H and O–H groups in total. The Morgan fingerprint density at radius 3 is 2.69 bits per heavy atom. The highest BCUT2D eigenvalue weighted by molar-refractivity contribution is 8.01. The Hall–Kier alpha value is -0.180. The zero-order valence-corrected chi connectivity index (χ0v) is 9.78. The van der Waals surface area contributed by atoms with E-state index in [9.17, 15) is 0 Å². The highest BCUT2D eigenvalue weighted by Gasteiger charge is 2.31. The van der Waals surface area contributed by atoms with Crippen LogP contribution in [0.15, 0.2) is 5.16 Å². The Morgan fingerprint density at radius 1 is 1.54 bits per heavy atom. The molecule has 1 atom stereocenters. The lowest BCUT2D eigenvalue weighted by atomic mass is 9.89. The van der Waals surface area contributed by atoms with Crippen LogP contribution in [0.1, 0.15) is 34.1 Å². The molecule has 0 amide bonds. The number of hydrogen-bond acceptors (Lipinski definition) is 3. The molecule has 1 aliphatic heterocycles. The van der Waals surface area contributed by atoms with E-state index in [-0.39, 0.29) is 0 Å². The molecule has 0 aromatic heterocycles. The normalized spacial score (nSPS) is 26.8. The lowest BCUT2D eigenvalue weighted by Gasteiger charge is -2.24. The molecule has 3 heteroatoms. The van der Waals surface area contributed by atoms with Gasteiger partial charge in [-0.25, -0.2) is 0 Å². The van der Waals surface area contributed by atoms with Gasteiger partial charge in [0.15, 0.2) is 0 Å². The molecule has 2 nitrogen and oxygen atoms in total. The maximum atomic E-state index is 5.05. The summed E-state index contributed by atoms with van der Waals surface area (Å²) in [4.78, 5) is 5.05. The van der Waals surface area contributed by atoms with Gasteiger partial charge in [-0.05, 0) is 12.3 Å². The lowest BCUT2D eigenvalue weighted by Crippen LogP contribution is -2.20. The van der Waals surface area contributed by atoms with Crippen molar-refractivity contribution in [3.8, 4) is 0 Å². The van der Waals surface area contributed by atoms with Gasteiger partial charge in [-0.3, -0.25) is 0 Å². The van der Waals surface area contributed by atoms with Crippen molar-refractivity contribution in [1.82, 2.24) is 0 Å². The minimum Gasteiger partial charge on any atom is -0.396 e. The first-order chi connectivity index (χ1) is 6.04. The molecule has 1 fully saturated rings. The minimum absolute atomic E-state index is 0.383. The third kappa shape index (κ3) is 3.22. The van der Waals surface area contributed by atoms with Crippen LogP contribution in [0.25, 0.3) is 0 Å². The van der Waals surface area contributed by atoms with Crippen molar-refractivity contribution in [2.24, 2.45) is 10.6 Å². The highest BCUT2D eigenvalue weighted by Crippen LogP contribution is 2.37. The van der Waals surface area contributed by atoms with Gasteiger partial charge in [0.2, 0.25) is 0 Å². The SMILES string of the molecule is CCO/N=C1/CSC(C(C)(C)C)C1. The van der Waals surface area contributed by atoms with Gasteiger partial charge in [-0.2, -0.15) is 11.8 Å². The summed E-state index contributed by atoms with van der Waals surface area (Å²) in [6, 6.07) is 0. The average molecular weight is 201 g/mol. The van der Waals surface area contributed by atoms with Gasteiger partial charge in [0.05, 0.1) is 5.71 Å². The maximum absolute atomic E-state index is 5.05. The fourth-order valence-corrected chi connectivity index (χ4v) is 2.68. The van der Waals surface area contributed by atoms with Crippen LogP contribution >= 0.6 is 11.8 Å². The summed E-state index contributed by atoms with van der Waals surface area (Å²) in [5.74, 6) is 1.04. The standard InChI is InChI=1S/C10H19NOS/c1-5-12-11-8-6-9(13-7-8)10(2,3)4/h9H,5-7H2,1-4H3/b11-8+.